The van der Waals surface area contributed by atoms with Crippen LogP contribution in [-0.4, -0.2) is 50.1 Å². The van der Waals surface area contributed by atoms with Crippen molar-refractivity contribution in [2.45, 2.75) is 40.3 Å². The summed E-state index contributed by atoms with van der Waals surface area (Å²) in [6, 6.07) is 12.6. The molecule has 0 aliphatic carbocycles. The fourth-order valence-electron chi connectivity index (χ4n) is 3.59. The van der Waals surface area contributed by atoms with Gasteiger partial charge in [0.1, 0.15) is 5.75 Å². The van der Waals surface area contributed by atoms with Gasteiger partial charge >= 0.3 is 0 Å². The zero-order valence-electron chi connectivity index (χ0n) is 18.3. The van der Waals surface area contributed by atoms with E-state index in [4.69, 9.17) is 4.74 Å². The summed E-state index contributed by atoms with van der Waals surface area (Å²) < 4.78 is 5.94. The number of amides is 1. The summed E-state index contributed by atoms with van der Waals surface area (Å²) in [6.45, 7) is 12.7. The molecule has 0 aromatic heterocycles. The topological polar surface area (TPSA) is 44.8 Å². The van der Waals surface area contributed by atoms with Crippen molar-refractivity contribution >= 4 is 11.6 Å². The van der Waals surface area contributed by atoms with E-state index in [-0.39, 0.29) is 5.91 Å². The Balaban J connectivity index is 1.52. The maximum atomic E-state index is 12.5. The quantitative estimate of drug-likeness (QED) is 0.814. The number of nitrogens with one attached hydrogen (secondary N) is 1. The second-order valence-corrected chi connectivity index (χ2v) is 8.14. The maximum absolute atomic E-state index is 12.5. The van der Waals surface area contributed by atoms with Crippen molar-refractivity contribution in [3.63, 3.8) is 0 Å². The van der Waals surface area contributed by atoms with Crippen LogP contribution in [0.25, 0.3) is 0 Å². The molecule has 0 bridgehead atoms. The van der Waals surface area contributed by atoms with Crippen LogP contribution < -0.4 is 15.0 Å². The molecule has 1 N–H and O–H groups in total. The molecule has 2 aromatic rings. The standard InChI is InChI=1S/C24H33N3O2/c1-17-14-18(2)19(3)23(15-17)29-20(4)24(28)25-16-21-6-8-22(9-7-21)27-12-10-26(5)11-13-27/h6-9,14-15,20H,10-13,16H2,1-5H3,(H,25,28). The second kappa shape index (κ2) is 9.31. The average molecular weight is 396 g/mol. The van der Waals surface area contributed by atoms with Crippen molar-refractivity contribution in [3.05, 3.63) is 58.7 Å². The van der Waals surface area contributed by atoms with Crippen molar-refractivity contribution in [2.24, 2.45) is 0 Å². The molecule has 1 amide bonds. The molecule has 2 aromatic carbocycles. The third-order valence-corrected chi connectivity index (χ3v) is 5.71. The van der Waals surface area contributed by atoms with Gasteiger partial charge < -0.3 is 19.9 Å². The molecule has 3 rings (SSSR count). The first-order valence-electron chi connectivity index (χ1n) is 10.4. The van der Waals surface area contributed by atoms with Gasteiger partial charge in [-0.25, -0.2) is 0 Å². The number of benzene rings is 2. The summed E-state index contributed by atoms with van der Waals surface area (Å²) in [5.41, 5.74) is 5.72. The van der Waals surface area contributed by atoms with Gasteiger partial charge in [0.2, 0.25) is 0 Å². The fraction of sp³-hybridized carbons (Fsp3) is 0.458. The van der Waals surface area contributed by atoms with Gasteiger partial charge in [-0.1, -0.05) is 18.2 Å². The Kier molecular flexibility index (Phi) is 6.80. The van der Waals surface area contributed by atoms with Crippen LogP contribution in [0.1, 0.15) is 29.2 Å². The van der Waals surface area contributed by atoms with E-state index in [0.29, 0.717) is 6.54 Å². The van der Waals surface area contributed by atoms with E-state index >= 15 is 0 Å². The van der Waals surface area contributed by atoms with Crippen LogP contribution in [0.2, 0.25) is 0 Å². The van der Waals surface area contributed by atoms with Gasteiger partial charge in [-0.05, 0) is 75.2 Å². The third kappa shape index (κ3) is 5.51. The Labute approximate surface area is 174 Å². The summed E-state index contributed by atoms with van der Waals surface area (Å²) in [7, 11) is 2.16. The number of nitrogens with zero attached hydrogens (tertiary/aromatic N) is 2. The molecule has 0 spiro atoms. The van der Waals surface area contributed by atoms with E-state index in [1.54, 1.807) is 6.92 Å². The van der Waals surface area contributed by atoms with Crippen LogP contribution in [0, 0.1) is 20.8 Å². The molecule has 0 saturated carbocycles. The number of anilines is 1. The molecule has 5 nitrogen and oxygen atoms in total. The zero-order valence-corrected chi connectivity index (χ0v) is 18.3. The summed E-state index contributed by atoms with van der Waals surface area (Å²) in [6.07, 6.45) is -0.542. The van der Waals surface area contributed by atoms with E-state index in [0.717, 1.165) is 48.6 Å². The normalized spacial score (nSPS) is 15.8. The SMILES string of the molecule is Cc1cc(C)c(C)c(OC(C)C(=O)NCc2ccc(N3CCN(C)CC3)cc2)c1. The number of likely N-dealkylation sites (N-methyl/N-ethyl adjacent to an activating group) is 1. The number of ether oxygens (including phenoxy) is 1. The first kappa shape index (κ1) is 21.2. The molecule has 1 aliphatic heterocycles. The molecule has 1 heterocycles. The van der Waals surface area contributed by atoms with Gasteiger partial charge in [-0.3, -0.25) is 4.79 Å². The average Bonchev–Trinajstić information content (AvgIpc) is 2.70. The predicted molar refractivity (Wildman–Crippen MR) is 119 cm³/mol. The lowest BCUT2D eigenvalue weighted by molar-refractivity contribution is -0.127. The van der Waals surface area contributed by atoms with E-state index in [2.05, 4.69) is 59.4 Å². The minimum Gasteiger partial charge on any atom is -0.481 e. The van der Waals surface area contributed by atoms with Crippen molar-refractivity contribution in [1.82, 2.24) is 10.2 Å². The Morgan fingerprint density at radius 1 is 1.07 bits per heavy atom. The Bertz CT molecular complexity index is 840. The minimum absolute atomic E-state index is 0.105. The molecule has 29 heavy (non-hydrogen) atoms. The first-order chi connectivity index (χ1) is 13.8. The van der Waals surface area contributed by atoms with Crippen molar-refractivity contribution in [1.29, 1.82) is 0 Å². The van der Waals surface area contributed by atoms with Gasteiger partial charge in [-0.2, -0.15) is 0 Å². The Morgan fingerprint density at radius 3 is 2.38 bits per heavy atom. The highest BCUT2D eigenvalue weighted by atomic mass is 16.5. The first-order valence-corrected chi connectivity index (χ1v) is 10.4. The molecule has 1 unspecified atom stereocenters. The monoisotopic (exact) mass is 395 g/mol. The summed E-state index contributed by atoms with van der Waals surface area (Å²) in [5.74, 6) is 0.674. The lowest BCUT2D eigenvalue weighted by atomic mass is 10.1. The lowest BCUT2D eigenvalue weighted by Crippen LogP contribution is -2.44. The molecule has 1 atom stereocenters. The van der Waals surface area contributed by atoms with Crippen LogP contribution in [0.3, 0.4) is 0 Å². The van der Waals surface area contributed by atoms with Gasteiger partial charge in [0.05, 0.1) is 0 Å². The second-order valence-electron chi connectivity index (χ2n) is 8.14. The number of rotatable bonds is 6. The van der Waals surface area contributed by atoms with Gasteiger partial charge in [0.15, 0.2) is 6.10 Å². The van der Waals surface area contributed by atoms with Gasteiger partial charge in [-0.15, -0.1) is 0 Å². The highest BCUT2D eigenvalue weighted by Crippen LogP contribution is 2.24. The summed E-state index contributed by atoms with van der Waals surface area (Å²) in [4.78, 5) is 17.3. The molecular weight excluding hydrogens is 362 g/mol. The molecule has 156 valence electrons. The largest absolute Gasteiger partial charge is 0.481 e. The number of aryl methyl sites for hydroxylation is 2. The molecule has 1 fully saturated rings. The molecule has 5 heteroatoms. The summed E-state index contributed by atoms with van der Waals surface area (Å²) in [5, 5.41) is 2.99. The van der Waals surface area contributed by atoms with Crippen LogP contribution in [-0.2, 0) is 11.3 Å². The number of carbonyl (C=O) groups excluding carboxylic acids is 1. The smallest absolute Gasteiger partial charge is 0.261 e. The Morgan fingerprint density at radius 2 is 1.72 bits per heavy atom. The van der Waals surface area contributed by atoms with Crippen LogP contribution in [0.4, 0.5) is 5.69 Å². The number of piperazine rings is 1. The van der Waals surface area contributed by atoms with E-state index < -0.39 is 6.10 Å². The van der Waals surface area contributed by atoms with Crippen LogP contribution >= 0.6 is 0 Å². The molecule has 0 radical (unpaired) electrons. The summed E-state index contributed by atoms with van der Waals surface area (Å²) >= 11 is 0. The lowest BCUT2D eigenvalue weighted by Gasteiger charge is -2.34. The number of carbonyl (C=O) groups is 1. The van der Waals surface area contributed by atoms with Crippen molar-refractivity contribution < 1.29 is 9.53 Å². The molecular formula is C24H33N3O2. The molecule has 1 saturated heterocycles. The minimum atomic E-state index is -0.542. The van der Waals surface area contributed by atoms with E-state index in [9.17, 15) is 4.79 Å². The number of hydrogen-bond acceptors (Lipinski definition) is 4. The number of hydrogen-bond donors (Lipinski definition) is 1. The van der Waals surface area contributed by atoms with Crippen LogP contribution in [0.15, 0.2) is 36.4 Å². The van der Waals surface area contributed by atoms with Crippen LogP contribution in [0.5, 0.6) is 5.75 Å². The zero-order chi connectivity index (χ0) is 21.0. The van der Waals surface area contributed by atoms with Gasteiger partial charge in [0, 0.05) is 38.4 Å². The predicted octanol–water partition coefficient (Wildman–Crippen LogP) is 3.45. The third-order valence-electron chi connectivity index (χ3n) is 5.71. The van der Waals surface area contributed by atoms with E-state index in [1.165, 1.54) is 11.3 Å². The fourth-order valence-corrected chi connectivity index (χ4v) is 3.59. The highest BCUT2D eigenvalue weighted by molar-refractivity contribution is 5.80. The Hall–Kier alpha value is -2.53. The van der Waals surface area contributed by atoms with Crippen molar-refractivity contribution in [3.8, 4) is 5.75 Å². The van der Waals surface area contributed by atoms with Gasteiger partial charge in [0.25, 0.3) is 5.91 Å². The van der Waals surface area contributed by atoms with Crippen molar-refractivity contribution in [2.75, 3.05) is 38.1 Å². The molecule has 1 aliphatic rings. The van der Waals surface area contributed by atoms with E-state index in [1.807, 2.05) is 19.9 Å². The highest BCUT2D eigenvalue weighted by Gasteiger charge is 2.17. The maximum Gasteiger partial charge on any atom is 0.261 e.